The molecular formula is C74H49Br4Cl4F4N13O3. The SMILES string of the molecule is CN(C)/C=C(/C(=O)c1cc(Cl)ccc1F)c1ccc2ncc(Br)cc2n1.Fc1ccc(Cl)cc1-c1[nH]ncc1-c1ccc2ncc(Br)cc2n1.Fc1ccc(Cl)cc1-c1nn(C2CCCCO2)cc1-c1ccc2ncc(Br)cc2n1.O=C(Cc1ccc2ncc(Br)cc2n1)c1cc(Cl)ccc1F. The number of nitrogens with zero attached hydrogens (tertiary/aromatic N) is 12. The summed E-state index contributed by atoms with van der Waals surface area (Å²) in [5, 5.41) is 13.1. The van der Waals surface area contributed by atoms with E-state index < -0.39 is 17.4 Å². The Morgan fingerprint density at radius 1 is 0.529 bits per heavy atom. The van der Waals surface area contributed by atoms with Crippen molar-refractivity contribution in [3.8, 4) is 45.0 Å². The number of halogens is 12. The van der Waals surface area contributed by atoms with E-state index in [1.807, 2.05) is 54.7 Å². The van der Waals surface area contributed by atoms with E-state index in [0.29, 0.717) is 99.7 Å². The molecule has 102 heavy (non-hydrogen) atoms. The van der Waals surface area contributed by atoms with E-state index in [-0.39, 0.29) is 46.8 Å². The van der Waals surface area contributed by atoms with Gasteiger partial charge < -0.3 is 9.64 Å². The van der Waals surface area contributed by atoms with Crippen molar-refractivity contribution in [3.05, 3.63) is 273 Å². The highest BCUT2D eigenvalue weighted by atomic mass is 79.9. The molecule has 512 valence electrons. The Hall–Kier alpha value is -8.82. The number of nitrogens with one attached hydrogen (secondary N) is 1. The summed E-state index contributed by atoms with van der Waals surface area (Å²) < 4.78 is 67.7. The number of allylic oxidation sites excluding steroid dienone is 1. The van der Waals surface area contributed by atoms with Crippen LogP contribution in [0.3, 0.4) is 0 Å². The van der Waals surface area contributed by atoms with Gasteiger partial charge in [0.05, 0.1) is 96.2 Å². The number of fused-ring (bicyclic) bond motifs is 4. The quantitative estimate of drug-likeness (QED) is 0.0689. The lowest BCUT2D eigenvalue weighted by Crippen LogP contribution is -2.18. The summed E-state index contributed by atoms with van der Waals surface area (Å²) in [5.41, 5.74) is 11.3. The normalized spacial score (nSPS) is 12.9. The lowest BCUT2D eigenvalue weighted by atomic mass is 10.00. The van der Waals surface area contributed by atoms with Gasteiger partial charge in [0.2, 0.25) is 0 Å². The van der Waals surface area contributed by atoms with E-state index in [1.165, 1.54) is 60.7 Å². The number of pyridine rings is 8. The molecule has 0 amide bonds. The highest BCUT2D eigenvalue weighted by molar-refractivity contribution is 9.11. The first-order valence-electron chi connectivity index (χ1n) is 30.8. The number of benzene rings is 4. The highest BCUT2D eigenvalue weighted by Crippen LogP contribution is 2.38. The van der Waals surface area contributed by atoms with Crippen LogP contribution in [0.1, 0.15) is 57.6 Å². The predicted octanol–water partition coefficient (Wildman–Crippen LogP) is 21.2. The predicted molar refractivity (Wildman–Crippen MR) is 404 cm³/mol. The molecule has 1 atom stereocenters. The number of H-pyrrole nitrogens is 1. The van der Waals surface area contributed by atoms with E-state index in [2.05, 4.69) is 109 Å². The van der Waals surface area contributed by atoms with Crippen molar-refractivity contribution < 1.29 is 31.9 Å². The molecular weight excluding hydrogens is 1660 g/mol. The zero-order valence-electron chi connectivity index (χ0n) is 53.1. The minimum Gasteiger partial charge on any atom is -0.383 e. The molecule has 16 nitrogen and oxygen atoms in total. The van der Waals surface area contributed by atoms with Crippen molar-refractivity contribution in [2.24, 2.45) is 0 Å². The van der Waals surface area contributed by atoms with Crippen LogP contribution in [0.2, 0.25) is 20.1 Å². The largest absolute Gasteiger partial charge is 0.383 e. The highest BCUT2D eigenvalue weighted by Gasteiger charge is 2.25. The third kappa shape index (κ3) is 17.6. The molecule has 1 aliphatic heterocycles. The van der Waals surface area contributed by atoms with Gasteiger partial charge in [-0.1, -0.05) is 46.4 Å². The first-order chi connectivity index (χ1) is 49.1. The summed E-state index contributed by atoms with van der Waals surface area (Å²) in [6, 6.07) is 38.5. The number of carbonyl (C=O) groups is 2. The minimum atomic E-state index is -0.630. The second kappa shape index (κ2) is 32.7. The molecule has 0 bridgehead atoms. The first kappa shape index (κ1) is 73.0. The maximum atomic E-state index is 14.7. The molecule has 10 aromatic heterocycles. The Morgan fingerprint density at radius 2 is 1.01 bits per heavy atom. The molecule has 28 heteroatoms. The number of aromatic amines is 1. The maximum Gasteiger partial charge on any atom is 0.199 e. The van der Waals surface area contributed by atoms with Gasteiger partial charge >= 0.3 is 0 Å². The van der Waals surface area contributed by atoms with Crippen LogP contribution in [0.25, 0.3) is 94.7 Å². The minimum absolute atomic E-state index is 0.000282. The summed E-state index contributed by atoms with van der Waals surface area (Å²) in [6.45, 7) is 0.689. The molecule has 1 fully saturated rings. The fourth-order valence-electron chi connectivity index (χ4n) is 10.7. The van der Waals surface area contributed by atoms with Gasteiger partial charge in [-0.3, -0.25) is 39.6 Å². The number of carbonyl (C=O) groups excluding carboxylic acids is 2. The van der Waals surface area contributed by atoms with Crippen LogP contribution in [-0.2, 0) is 11.2 Å². The number of aromatic nitrogens is 12. The zero-order chi connectivity index (χ0) is 71.9. The van der Waals surface area contributed by atoms with Crippen molar-refractivity contribution in [2.45, 2.75) is 31.9 Å². The second-order valence-corrected chi connectivity index (χ2v) is 28.4. The van der Waals surface area contributed by atoms with Gasteiger partial charge in [0.15, 0.2) is 11.6 Å². The van der Waals surface area contributed by atoms with Crippen LogP contribution >= 0.6 is 110 Å². The van der Waals surface area contributed by atoms with E-state index in [4.69, 9.17) is 61.2 Å². The van der Waals surface area contributed by atoms with Gasteiger partial charge in [0.25, 0.3) is 0 Å². The Balaban J connectivity index is 0.000000129. The molecule has 11 heterocycles. The molecule has 1 saturated heterocycles. The number of rotatable bonds is 12. The van der Waals surface area contributed by atoms with Gasteiger partial charge in [0.1, 0.15) is 35.2 Å². The van der Waals surface area contributed by atoms with E-state index in [9.17, 15) is 27.2 Å². The number of hydrogen-bond acceptors (Lipinski definition) is 14. The average molecular weight is 1710 g/mol. The molecule has 4 aromatic carbocycles. The Morgan fingerprint density at radius 3 is 1.57 bits per heavy atom. The van der Waals surface area contributed by atoms with Crippen molar-refractivity contribution >= 4 is 171 Å². The summed E-state index contributed by atoms with van der Waals surface area (Å²) >= 11 is 37.4. The average Bonchev–Trinajstić information content (AvgIpc) is 1.59. The maximum absolute atomic E-state index is 14.7. The van der Waals surface area contributed by atoms with Crippen molar-refractivity contribution in [1.29, 1.82) is 0 Å². The summed E-state index contributed by atoms with van der Waals surface area (Å²) in [5.74, 6) is -2.84. The number of hydrogen-bond donors (Lipinski definition) is 1. The van der Waals surface area contributed by atoms with Crippen LogP contribution in [0.15, 0.2) is 207 Å². The smallest absolute Gasteiger partial charge is 0.199 e. The molecule has 1 N–H and O–H groups in total. The number of ether oxygens (including phenoxy) is 1. The van der Waals surface area contributed by atoms with Crippen LogP contribution in [0.5, 0.6) is 0 Å². The Kier molecular flexibility index (Phi) is 23.4. The van der Waals surface area contributed by atoms with E-state index >= 15 is 0 Å². The summed E-state index contributed by atoms with van der Waals surface area (Å²) in [6.07, 6.45) is 14.7. The fourth-order valence-corrected chi connectivity index (χ4v) is 12.7. The third-order valence-electron chi connectivity index (χ3n) is 15.5. The molecule has 0 spiro atoms. The fraction of sp³-hybridized carbons (Fsp3) is 0.108. The summed E-state index contributed by atoms with van der Waals surface area (Å²) in [7, 11) is 3.56. The lowest BCUT2D eigenvalue weighted by Gasteiger charge is -2.22. The molecule has 0 radical (unpaired) electrons. The Bertz CT molecular complexity index is 5580. The van der Waals surface area contributed by atoms with Crippen LogP contribution in [0, 0.1) is 23.3 Å². The zero-order valence-corrected chi connectivity index (χ0v) is 62.5. The molecule has 1 aliphatic rings. The first-order valence-corrected chi connectivity index (χ1v) is 35.5. The van der Waals surface area contributed by atoms with E-state index in [1.54, 1.807) is 97.3 Å². The van der Waals surface area contributed by atoms with E-state index in [0.717, 1.165) is 64.7 Å². The molecule has 0 aliphatic carbocycles. The number of Topliss-reactive ketones (excluding diaryl/α,β-unsaturated/α-hetero) is 2. The van der Waals surface area contributed by atoms with Crippen molar-refractivity contribution in [2.75, 3.05) is 20.7 Å². The van der Waals surface area contributed by atoms with Gasteiger partial charge in [-0.05, 0) is 229 Å². The molecule has 14 aromatic rings. The van der Waals surface area contributed by atoms with Crippen LogP contribution < -0.4 is 0 Å². The molecule has 15 rings (SSSR count). The van der Waals surface area contributed by atoms with Crippen molar-refractivity contribution in [3.63, 3.8) is 0 Å². The Labute approximate surface area is 633 Å². The standard InChI is InChI=1S/C22H17BrClFN4O.C19H14BrClFN3O.C17H9BrClFN4.C16H9BrClFN2O/c23-13-9-20-19(26-11-13)7-6-18(27-20)16-12-29(21-3-1-2-8-30-21)28-22(16)15-10-14(24)4-5-17(15)25;1-25(2)10-14(19(26)13-8-12(21)3-4-15(13)22)16-5-6-17-18(24-16)7-11(20)9-23-17;18-9-5-16-15(21-7-9)4-3-14(23-16)12-8-22-24-17(12)11-6-10(19)1-2-13(11)20;17-9-5-15-14(20-8-9)4-2-11(21-15)7-16(22)12-6-10(18)1-3-13(12)19/h4-7,9-12,21H,1-3,8H2;3-10H,1-2H3;1-8H,(H,22,24);1-6,8H,7H2/b;14-10+;;. The van der Waals surface area contributed by atoms with Gasteiger partial charge in [0, 0.05) is 124 Å². The van der Waals surface area contributed by atoms with Gasteiger partial charge in [-0.2, -0.15) is 10.2 Å². The molecule has 0 saturated carbocycles. The lowest BCUT2D eigenvalue weighted by molar-refractivity contribution is -0.0393. The topological polar surface area (TPSA) is 196 Å². The monoisotopic (exact) mass is 1700 g/mol. The molecule has 1 unspecified atom stereocenters. The van der Waals surface area contributed by atoms with Crippen LogP contribution in [0.4, 0.5) is 17.6 Å². The summed E-state index contributed by atoms with van der Waals surface area (Å²) in [4.78, 5) is 62.4. The van der Waals surface area contributed by atoms with Crippen molar-refractivity contribution in [1.82, 2.24) is 64.7 Å². The number of ketones is 2. The van der Waals surface area contributed by atoms with Crippen LogP contribution in [-0.4, -0.2) is 97.0 Å². The van der Waals surface area contributed by atoms with Gasteiger partial charge in [-0.25, -0.2) is 37.2 Å². The third-order valence-corrected chi connectivity index (χ3v) is 18.2. The second-order valence-electron chi connectivity index (χ2n) is 22.9. The van der Waals surface area contributed by atoms with Gasteiger partial charge in [-0.15, -0.1) is 0 Å².